The van der Waals surface area contributed by atoms with Crippen LogP contribution in [0.3, 0.4) is 0 Å². The summed E-state index contributed by atoms with van der Waals surface area (Å²) in [5, 5.41) is 0. The molecule has 88 valence electrons. The number of nitrogens with two attached hydrogens (primary N) is 1. The van der Waals surface area contributed by atoms with Gasteiger partial charge in [0.25, 0.3) is 0 Å². The Morgan fingerprint density at radius 1 is 1.47 bits per heavy atom. The Kier molecular flexibility index (Phi) is 5.35. The van der Waals surface area contributed by atoms with Crippen molar-refractivity contribution in [3.63, 3.8) is 0 Å². The molecule has 0 saturated carbocycles. The average molecular weight is 225 g/mol. The molecule has 6 heteroatoms. The van der Waals surface area contributed by atoms with Gasteiger partial charge in [-0.2, -0.15) is 13.2 Å². The summed E-state index contributed by atoms with van der Waals surface area (Å²) in [6.07, 6.45) is -2.13. The third kappa shape index (κ3) is 6.11. The number of hydrogen-bond donors (Lipinski definition) is 1. The summed E-state index contributed by atoms with van der Waals surface area (Å²) in [5.74, 6) is -2.01. The molecule has 0 bridgehead atoms. The summed E-state index contributed by atoms with van der Waals surface area (Å²) in [6, 6.07) is -0.255. The molecule has 0 unspecified atom stereocenters. The summed E-state index contributed by atoms with van der Waals surface area (Å²) < 4.78 is 38.9. The van der Waals surface area contributed by atoms with Crippen LogP contribution in [-0.2, 0) is 9.53 Å². The second kappa shape index (κ2) is 5.75. The molecule has 2 N–H and O–H groups in total. The van der Waals surface area contributed by atoms with Gasteiger partial charge in [-0.25, -0.2) is 4.79 Å². The maximum Gasteiger partial charge on any atom is 0.490 e. The molecule has 0 spiro atoms. The maximum atomic E-state index is 11.6. The predicted octanol–water partition coefficient (Wildman–Crippen LogP) is 1.63. The average Bonchev–Trinajstić information content (AvgIpc) is 2.09. The molecule has 0 saturated heterocycles. The highest BCUT2D eigenvalue weighted by Gasteiger charge is 2.40. The van der Waals surface area contributed by atoms with Crippen LogP contribution in [0.15, 0.2) is 12.2 Å². The van der Waals surface area contributed by atoms with Crippen LogP contribution in [0.25, 0.3) is 0 Å². The molecular weight excluding hydrogens is 211 g/mol. The number of carbonyl (C=O) groups excluding carboxylic acids is 1. The first kappa shape index (κ1) is 14.0. The van der Waals surface area contributed by atoms with Crippen molar-refractivity contribution in [3.8, 4) is 0 Å². The summed E-state index contributed by atoms with van der Waals surface area (Å²) in [7, 11) is 0. The predicted molar refractivity (Wildman–Crippen MR) is 49.0 cm³/mol. The zero-order chi connectivity index (χ0) is 12.1. The van der Waals surface area contributed by atoms with Crippen molar-refractivity contribution in [3.05, 3.63) is 12.2 Å². The Hall–Kier alpha value is -1.04. The Bertz CT molecular complexity index is 236. The third-order valence-electron chi connectivity index (χ3n) is 1.67. The van der Waals surface area contributed by atoms with Gasteiger partial charge in [0.05, 0.1) is 0 Å². The standard InChI is InChI=1S/C9H14F3NO2/c1-6(2)7(13)4-3-5-15-8(14)9(10,11)12/h3-4,6-7H,5,13H2,1-2H3/b4-3+/t7-/m1/s1. The van der Waals surface area contributed by atoms with E-state index in [-0.39, 0.29) is 12.0 Å². The van der Waals surface area contributed by atoms with E-state index in [2.05, 4.69) is 4.74 Å². The molecule has 1 atom stereocenters. The Morgan fingerprint density at radius 3 is 2.40 bits per heavy atom. The molecule has 0 aliphatic heterocycles. The second-order valence-corrected chi connectivity index (χ2v) is 3.35. The van der Waals surface area contributed by atoms with Crippen LogP contribution < -0.4 is 5.73 Å². The van der Waals surface area contributed by atoms with Gasteiger partial charge in [-0.3, -0.25) is 0 Å². The van der Waals surface area contributed by atoms with Gasteiger partial charge >= 0.3 is 12.1 Å². The third-order valence-corrected chi connectivity index (χ3v) is 1.67. The highest BCUT2D eigenvalue weighted by molar-refractivity contribution is 5.75. The van der Waals surface area contributed by atoms with E-state index < -0.39 is 18.8 Å². The molecule has 0 aliphatic carbocycles. The van der Waals surface area contributed by atoms with Gasteiger partial charge in [-0.05, 0) is 12.0 Å². The first-order valence-electron chi connectivity index (χ1n) is 4.41. The summed E-state index contributed by atoms with van der Waals surface area (Å²) in [5.41, 5.74) is 5.57. The molecule has 0 amide bonds. The second-order valence-electron chi connectivity index (χ2n) is 3.35. The van der Waals surface area contributed by atoms with Crippen molar-refractivity contribution in [1.29, 1.82) is 0 Å². The number of carbonyl (C=O) groups is 1. The van der Waals surface area contributed by atoms with Gasteiger partial charge in [-0.15, -0.1) is 0 Å². The van der Waals surface area contributed by atoms with E-state index in [1.807, 2.05) is 13.8 Å². The number of halogens is 3. The molecule has 0 aromatic heterocycles. The van der Waals surface area contributed by atoms with Gasteiger partial charge in [0.2, 0.25) is 0 Å². The largest absolute Gasteiger partial charge is 0.490 e. The number of alkyl halides is 3. The summed E-state index contributed by atoms with van der Waals surface area (Å²) >= 11 is 0. The van der Waals surface area contributed by atoms with Crippen LogP contribution >= 0.6 is 0 Å². The molecule has 0 aromatic rings. The zero-order valence-electron chi connectivity index (χ0n) is 8.54. The molecule has 0 aliphatic rings. The van der Waals surface area contributed by atoms with Crippen LogP contribution in [0.1, 0.15) is 13.8 Å². The minimum absolute atomic E-state index is 0.180. The number of hydrogen-bond acceptors (Lipinski definition) is 3. The van der Waals surface area contributed by atoms with E-state index in [1.54, 1.807) is 0 Å². The fraction of sp³-hybridized carbons (Fsp3) is 0.667. The summed E-state index contributed by atoms with van der Waals surface area (Å²) in [6.45, 7) is 3.33. The lowest BCUT2D eigenvalue weighted by Gasteiger charge is -2.10. The van der Waals surface area contributed by atoms with Gasteiger partial charge in [0.15, 0.2) is 0 Å². The van der Waals surface area contributed by atoms with E-state index in [0.29, 0.717) is 0 Å². The van der Waals surface area contributed by atoms with E-state index in [0.717, 1.165) is 0 Å². The normalized spacial score (nSPS) is 14.6. The van der Waals surface area contributed by atoms with Gasteiger partial charge < -0.3 is 10.5 Å². The number of rotatable bonds is 4. The molecule has 0 radical (unpaired) electrons. The lowest BCUT2D eigenvalue weighted by molar-refractivity contribution is -0.198. The van der Waals surface area contributed by atoms with Crippen molar-refractivity contribution in [2.24, 2.45) is 11.7 Å². The van der Waals surface area contributed by atoms with Crippen LogP contribution in [-0.4, -0.2) is 24.8 Å². The Balaban J connectivity index is 3.85. The minimum atomic E-state index is -4.94. The number of ether oxygens (including phenoxy) is 1. The topological polar surface area (TPSA) is 52.3 Å². The highest BCUT2D eigenvalue weighted by atomic mass is 19.4. The van der Waals surface area contributed by atoms with Crippen LogP contribution in [0.4, 0.5) is 13.2 Å². The lowest BCUT2D eigenvalue weighted by Crippen LogP contribution is -2.26. The van der Waals surface area contributed by atoms with Gasteiger partial charge in [0, 0.05) is 6.04 Å². The van der Waals surface area contributed by atoms with Crippen molar-refractivity contribution in [2.75, 3.05) is 6.61 Å². The van der Waals surface area contributed by atoms with Crippen molar-refractivity contribution in [2.45, 2.75) is 26.1 Å². The lowest BCUT2D eigenvalue weighted by atomic mass is 10.1. The monoisotopic (exact) mass is 225 g/mol. The quantitative estimate of drug-likeness (QED) is 0.584. The molecule has 3 nitrogen and oxygen atoms in total. The maximum absolute atomic E-state index is 11.6. The van der Waals surface area contributed by atoms with E-state index in [9.17, 15) is 18.0 Å². The molecule has 15 heavy (non-hydrogen) atoms. The molecular formula is C9H14F3NO2. The smallest absolute Gasteiger partial charge is 0.455 e. The van der Waals surface area contributed by atoms with Crippen LogP contribution in [0.5, 0.6) is 0 Å². The van der Waals surface area contributed by atoms with Crippen LogP contribution in [0.2, 0.25) is 0 Å². The van der Waals surface area contributed by atoms with Crippen molar-refractivity contribution >= 4 is 5.97 Å². The molecule has 0 heterocycles. The summed E-state index contributed by atoms with van der Waals surface area (Å²) in [4.78, 5) is 10.2. The van der Waals surface area contributed by atoms with Crippen molar-refractivity contribution < 1.29 is 22.7 Å². The van der Waals surface area contributed by atoms with Gasteiger partial charge in [0.1, 0.15) is 6.61 Å². The zero-order valence-corrected chi connectivity index (χ0v) is 8.54. The van der Waals surface area contributed by atoms with Gasteiger partial charge in [-0.1, -0.05) is 19.9 Å². The van der Waals surface area contributed by atoms with Crippen molar-refractivity contribution in [1.82, 2.24) is 0 Å². The first-order chi connectivity index (χ1) is 6.75. The molecule has 0 fully saturated rings. The van der Waals surface area contributed by atoms with E-state index >= 15 is 0 Å². The SMILES string of the molecule is CC(C)[C@H](N)/C=C/COC(=O)C(F)(F)F. The Labute approximate surface area is 86.1 Å². The molecule has 0 rings (SSSR count). The fourth-order valence-electron chi connectivity index (χ4n) is 0.641. The number of esters is 1. The fourth-order valence-corrected chi connectivity index (χ4v) is 0.641. The van der Waals surface area contributed by atoms with E-state index in [1.165, 1.54) is 12.2 Å². The van der Waals surface area contributed by atoms with Crippen LogP contribution in [0, 0.1) is 5.92 Å². The Morgan fingerprint density at radius 2 is 2.00 bits per heavy atom. The molecule has 0 aromatic carbocycles. The highest BCUT2D eigenvalue weighted by Crippen LogP contribution is 2.16. The minimum Gasteiger partial charge on any atom is -0.455 e. The van der Waals surface area contributed by atoms with E-state index in [4.69, 9.17) is 5.73 Å². The first-order valence-corrected chi connectivity index (χ1v) is 4.41.